The Morgan fingerprint density at radius 1 is 1.14 bits per heavy atom. The molecule has 0 atom stereocenters. The Bertz CT molecular complexity index is 841. The van der Waals surface area contributed by atoms with Gasteiger partial charge in [0, 0.05) is 26.7 Å². The van der Waals surface area contributed by atoms with Gasteiger partial charge < -0.3 is 9.64 Å². The average molecular weight is 436 g/mol. The zero-order valence-corrected chi connectivity index (χ0v) is 18.2. The maximum Gasteiger partial charge on any atom is 0.406 e. The maximum atomic E-state index is 12.8. The van der Waals surface area contributed by atoms with Crippen molar-refractivity contribution in [1.82, 2.24) is 9.21 Å². The van der Waals surface area contributed by atoms with E-state index in [0.717, 1.165) is 15.3 Å². The molecule has 0 heterocycles. The van der Waals surface area contributed by atoms with Crippen molar-refractivity contribution in [2.45, 2.75) is 31.8 Å². The molecule has 10 heteroatoms. The molecule has 0 fully saturated rings. The van der Waals surface area contributed by atoms with Crippen LogP contribution in [-0.2, 0) is 14.8 Å². The number of methoxy groups -OCH3 is 1. The molecular weight excluding hydrogens is 409 g/mol. The van der Waals surface area contributed by atoms with Crippen LogP contribution in [0.3, 0.4) is 0 Å². The Morgan fingerprint density at radius 3 is 2.17 bits per heavy atom. The third-order valence-electron chi connectivity index (χ3n) is 3.71. The van der Waals surface area contributed by atoms with Gasteiger partial charge in [-0.25, -0.2) is 12.7 Å². The summed E-state index contributed by atoms with van der Waals surface area (Å²) in [5.74, 6) is -0.696. The van der Waals surface area contributed by atoms with E-state index in [4.69, 9.17) is 4.74 Å². The van der Waals surface area contributed by atoms with Crippen LogP contribution in [0.25, 0.3) is 6.08 Å². The van der Waals surface area contributed by atoms with Crippen LogP contribution in [0.5, 0.6) is 5.75 Å². The van der Waals surface area contributed by atoms with Crippen molar-refractivity contribution >= 4 is 22.0 Å². The molecule has 1 aromatic carbocycles. The standard InChI is InChI=1S/C19H27F3N2O4S/c1-18(2,3)12-24(13-19(20,21)22)17(25)10-8-14-7-9-15(28-6)16(11-14)29(26,27)23(4)5/h7-11H,12-13H2,1-6H3/b10-8+. The molecule has 0 saturated heterocycles. The molecule has 1 aromatic rings. The molecule has 0 unspecified atom stereocenters. The van der Waals surface area contributed by atoms with Gasteiger partial charge in [0.2, 0.25) is 15.9 Å². The third-order valence-corrected chi connectivity index (χ3v) is 5.55. The Morgan fingerprint density at radius 2 is 1.72 bits per heavy atom. The van der Waals surface area contributed by atoms with E-state index in [-0.39, 0.29) is 17.2 Å². The molecule has 0 aromatic heterocycles. The topological polar surface area (TPSA) is 66.9 Å². The van der Waals surface area contributed by atoms with Crippen molar-refractivity contribution in [3.8, 4) is 5.75 Å². The molecule has 0 N–H and O–H groups in total. The number of hydrogen-bond donors (Lipinski definition) is 0. The second-order valence-electron chi connectivity index (χ2n) is 7.90. The second kappa shape index (κ2) is 9.17. The lowest BCUT2D eigenvalue weighted by molar-refractivity contribution is -0.160. The summed E-state index contributed by atoms with van der Waals surface area (Å²) >= 11 is 0. The minimum Gasteiger partial charge on any atom is -0.495 e. The fourth-order valence-electron chi connectivity index (χ4n) is 2.47. The molecule has 0 radical (unpaired) electrons. The van der Waals surface area contributed by atoms with Crippen molar-refractivity contribution in [2.24, 2.45) is 5.41 Å². The van der Waals surface area contributed by atoms with Gasteiger partial charge in [-0.3, -0.25) is 4.79 Å². The van der Waals surface area contributed by atoms with E-state index >= 15 is 0 Å². The zero-order valence-electron chi connectivity index (χ0n) is 17.4. The second-order valence-corrected chi connectivity index (χ2v) is 10.0. The van der Waals surface area contributed by atoms with Crippen LogP contribution in [0, 0.1) is 5.41 Å². The van der Waals surface area contributed by atoms with Crippen LogP contribution < -0.4 is 4.74 Å². The summed E-state index contributed by atoms with van der Waals surface area (Å²) < 4.78 is 69.5. The largest absolute Gasteiger partial charge is 0.495 e. The summed E-state index contributed by atoms with van der Waals surface area (Å²) in [4.78, 5) is 13.0. The number of ether oxygens (including phenoxy) is 1. The van der Waals surface area contributed by atoms with Crippen LogP contribution in [0.2, 0.25) is 0 Å². The Kier molecular flexibility index (Phi) is 7.89. The molecule has 0 bridgehead atoms. The molecular formula is C19H27F3N2O4S. The first-order valence-electron chi connectivity index (χ1n) is 8.71. The Hall–Kier alpha value is -2.07. The molecule has 1 amide bonds. The minimum atomic E-state index is -4.53. The molecule has 0 spiro atoms. The zero-order chi connectivity index (χ0) is 22.6. The molecule has 164 valence electrons. The van der Waals surface area contributed by atoms with Gasteiger partial charge >= 0.3 is 6.18 Å². The quantitative estimate of drug-likeness (QED) is 0.615. The average Bonchev–Trinajstić information content (AvgIpc) is 2.56. The number of alkyl halides is 3. The van der Waals surface area contributed by atoms with Gasteiger partial charge in [-0.15, -0.1) is 0 Å². The number of amides is 1. The molecule has 0 saturated carbocycles. The highest BCUT2D eigenvalue weighted by Gasteiger charge is 2.34. The van der Waals surface area contributed by atoms with Gasteiger partial charge in [0.05, 0.1) is 7.11 Å². The van der Waals surface area contributed by atoms with Gasteiger partial charge in [-0.1, -0.05) is 26.8 Å². The molecule has 29 heavy (non-hydrogen) atoms. The van der Waals surface area contributed by atoms with Gasteiger partial charge in [0.25, 0.3) is 0 Å². The van der Waals surface area contributed by atoms with Crippen LogP contribution >= 0.6 is 0 Å². The molecule has 1 rings (SSSR count). The van der Waals surface area contributed by atoms with Gasteiger partial charge in [0.1, 0.15) is 17.2 Å². The molecule has 6 nitrogen and oxygen atoms in total. The number of rotatable bonds is 7. The van der Waals surface area contributed by atoms with E-state index in [1.165, 1.54) is 45.5 Å². The molecule has 0 aliphatic heterocycles. The summed E-state index contributed by atoms with van der Waals surface area (Å²) in [6.07, 6.45) is -2.24. The first-order chi connectivity index (χ1) is 13.1. The van der Waals surface area contributed by atoms with Crippen molar-refractivity contribution in [2.75, 3.05) is 34.3 Å². The van der Waals surface area contributed by atoms with Crippen molar-refractivity contribution in [3.05, 3.63) is 29.8 Å². The van der Waals surface area contributed by atoms with Gasteiger partial charge in [0.15, 0.2) is 0 Å². The lowest BCUT2D eigenvalue weighted by atomic mass is 9.96. The van der Waals surface area contributed by atoms with Crippen LogP contribution in [-0.4, -0.2) is 64.0 Å². The van der Waals surface area contributed by atoms with Crippen molar-refractivity contribution < 1.29 is 31.1 Å². The summed E-state index contributed by atoms with van der Waals surface area (Å²) in [6, 6.07) is 4.23. The number of halogens is 3. The van der Waals surface area contributed by atoms with E-state index in [0.29, 0.717) is 5.56 Å². The summed E-state index contributed by atoms with van der Waals surface area (Å²) in [6.45, 7) is 3.74. The van der Waals surface area contributed by atoms with Gasteiger partial charge in [-0.2, -0.15) is 13.2 Å². The number of carbonyl (C=O) groups excluding carboxylic acids is 1. The normalized spacial score (nSPS) is 13.2. The van der Waals surface area contributed by atoms with Crippen molar-refractivity contribution in [3.63, 3.8) is 0 Å². The summed E-state index contributed by atoms with van der Waals surface area (Å²) in [5, 5.41) is 0. The number of carbonyl (C=O) groups is 1. The fraction of sp³-hybridized carbons (Fsp3) is 0.526. The number of nitrogens with zero attached hydrogens (tertiary/aromatic N) is 2. The van der Waals surface area contributed by atoms with E-state index in [9.17, 15) is 26.4 Å². The van der Waals surface area contributed by atoms with Crippen molar-refractivity contribution in [1.29, 1.82) is 0 Å². The Labute approximate surface area is 170 Å². The highest BCUT2D eigenvalue weighted by molar-refractivity contribution is 7.89. The van der Waals surface area contributed by atoms with E-state index in [1.807, 2.05) is 0 Å². The highest BCUT2D eigenvalue weighted by Crippen LogP contribution is 2.27. The first-order valence-corrected chi connectivity index (χ1v) is 10.1. The fourth-order valence-corrected chi connectivity index (χ4v) is 3.55. The number of benzene rings is 1. The third kappa shape index (κ3) is 7.69. The van der Waals surface area contributed by atoms with Crippen LogP contribution in [0.15, 0.2) is 29.2 Å². The SMILES string of the molecule is COc1ccc(/C=C/C(=O)N(CC(C)(C)C)CC(F)(F)F)cc1S(=O)(=O)N(C)C. The first kappa shape index (κ1) is 25.0. The molecule has 0 aliphatic rings. The highest BCUT2D eigenvalue weighted by atomic mass is 32.2. The lowest BCUT2D eigenvalue weighted by Gasteiger charge is -2.29. The summed E-state index contributed by atoms with van der Waals surface area (Å²) in [7, 11) is 0.236. The van der Waals surface area contributed by atoms with E-state index in [1.54, 1.807) is 20.8 Å². The summed E-state index contributed by atoms with van der Waals surface area (Å²) in [5.41, 5.74) is -0.191. The Balaban J connectivity index is 3.21. The monoisotopic (exact) mass is 436 g/mol. The molecule has 0 aliphatic carbocycles. The maximum absolute atomic E-state index is 12.8. The predicted octanol–water partition coefficient (Wildman–Crippen LogP) is 3.40. The predicted molar refractivity (Wildman–Crippen MR) is 105 cm³/mol. The van der Waals surface area contributed by atoms with Crippen LogP contribution in [0.4, 0.5) is 13.2 Å². The smallest absolute Gasteiger partial charge is 0.406 e. The minimum absolute atomic E-state index is 0.0848. The number of hydrogen-bond acceptors (Lipinski definition) is 4. The number of sulfonamides is 1. The van der Waals surface area contributed by atoms with Crippen LogP contribution in [0.1, 0.15) is 26.3 Å². The lowest BCUT2D eigenvalue weighted by Crippen LogP contribution is -2.42. The van der Waals surface area contributed by atoms with E-state index in [2.05, 4.69) is 0 Å². The van der Waals surface area contributed by atoms with Gasteiger partial charge in [-0.05, 0) is 29.2 Å². The van der Waals surface area contributed by atoms with E-state index < -0.39 is 34.1 Å².